The second-order valence-electron chi connectivity index (χ2n) is 3.91. The van der Waals surface area contributed by atoms with E-state index in [1.807, 2.05) is 0 Å². The number of carbonyl (C=O) groups excluding carboxylic acids is 2. The standard InChI is InChI=1S/C10H14O4.C6H10O2/c1-7(2)9(11)13-5-6-14-10(12)8(3)4;1-3-7-5-6-8-4-2/h1,3,5-6H2,2,4H3;3-4H,1-2,5-6H2. The van der Waals surface area contributed by atoms with Gasteiger partial charge in [-0.2, -0.15) is 0 Å². The van der Waals surface area contributed by atoms with Gasteiger partial charge in [0.1, 0.15) is 26.4 Å². The Morgan fingerprint density at radius 1 is 0.773 bits per heavy atom. The summed E-state index contributed by atoms with van der Waals surface area (Å²) in [6.45, 7) is 17.7. The molecule has 0 amide bonds. The van der Waals surface area contributed by atoms with Crippen LogP contribution in [0, 0.1) is 0 Å². The molecule has 0 aromatic carbocycles. The second-order valence-corrected chi connectivity index (χ2v) is 3.91. The smallest absolute Gasteiger partial charge is 0.333 e. The molecule has 0 aliphatic carbocycles. The van der Waals surface area contributed by atoms with Crippen LogP contribution in [0.25, 0.3) is 0 Å². The van der Waals surface area contributed by atoms with Crippen molar-refractivity contribution in [2.24, 2.45) is 0 Å². The predicted octanol–water partition coefficient (Wildman–Crippen LogP) is 2.53. The Kier molecular flexibility index (Phi) is 14.8. The van der Waals surface area contributed by atoms with Crippen LogP contribution in [-0.2, 0) is 28.5 Å². The van der Waals surface area contributed by atoms with E-state index < -0.39 is 11.9 Å². The van der Waals surface area contributed by atoms with Crippen LogP contribution < -0.4 is 0 Å². The molecule has 0 aromatic heterocycles. The number of carbonyl (C=O) groups is 2. The first-order valence-electron chi connectivity index (χ1n) is 6.47. The van der Waals surface area contributed by atoms with Crippen LogP contribution in [0.2, 0.25) is 0 Å². The van der Waals surface area contributed by atoms with Crippen molar-refractivity contribution >= 4 is 11.9 Å². The molecule has 0 saturated carbocycles. The largest absolute Gasteiger partial charge is 0.498 e. The summed E-state index contributed by atoms with van der Waals surface area (Å²) in [5.41, 5.74) is 0.632. The minimum Gasteiger partial charge on any atom is -0.498 e. The highest BCUT2D eigenvalue weighted by Gasteiger charge is 2.05. The normalized spacial score (nSPS) is 8.45. The van der Waals surface area contributed by atoms with E-state index in [1.165, 1.54) is 12.5 Å². The molecule has 0 spiro atoms. The molecular formula is C16H24O6. The van der Waals surface area contributed by atoms with Crippen molar-refractivity contribution in [2.45, 2.75) is 13.8 Å². The highest BCUT2D eigenvalue weighted by molar-refractivity contribution is 5.87. The van der Waals surface area contributed by atoms with Crippen molar-refractivity contribution in [2.75, 3.05) is 26.4 Å². The molecule has 0 rings (SSSR count). The Labute approximate surface area is 131 Å². The van der Waals surface area contributed by atoms with E-state index in [-0.39, 0.29) is 13.2 Å². The lowest BCUT2D eigenvalue weighted by Crippen LogP contribution is -2.14. The van der Waals surface area contributed by atoms with Crippen molar-refractivity contribution in [1.29, 1.82) is 0 Å². The van der Waals surface area contributed by atoms with Crippen molar-refractivity contribution in [3.63, 3.8) is 0 Å². The molecule has 0 heterocycles. The zero-order valence-corrected chi connectivity index (χ0v) is 13.3. The molecule has 0 fully saturated rings. The molecule has 6 heteroatoms. The Hall–Kier alpha value is -2.50. The summed E-state index contributed by atoms with van der Waals surface area (Å²) in [4.78, 5) is 21.7. The Morgan fingerprint density at radius 2 is 1.09 bits per heavy atom. The maximum Gasteiger partial charge on any atom is 0.333 e. The van der Waals surface area contributed by atoms with E-state index in [1.54, 1.807) is 13.8 Å². The quantitative estimate of drug-likeness (QED) is 0.267. The third-order valence-corrected chi connectivity index (χ3v) is 1.80. The fourth-order valence-corrected chi connectivity index (χ4v) is 0.778. The third-order valence-electron chi connectivity index (χ3n) is 1.80. The highest BCUT2D eigenvalue weighted by atomic mass is 16.6. The molecule has 0 unspecified atom stereocenters. The maximum atomic E-state index is 10.8. The average Bonchev–Trinajstić information content (AvgIpc) is 2.48. The van der Waals surface area contributed by atoms with Crippen LogP contribution >= 0.6 is 0 Å². The molecule has 22 heavy (non-hydrogen) atoms. The van der Waals surface area contributed by atoms with Crippen LogP contribution in [0.5, 0.6) is 0 Å². The van der Waals surface area contributed by atoms with Crippen LogP contribution in [0.3, 0.4) is 0 Å². The SMILES string of the molecule is C=C(C)C(=O)OCCOC(=O)C(=C)C.C=COCCOC=C. The van der Waals surface area contributed by atoms with E-state index in [9.17, 15) is 9.59 Å². The highest BCUT2D eigenvalue weighted by Crippen LogP contribution is 1.94. The number of esters is 2. The molecule has 0 aromatic rings. The predicted molar refractivity (Wildman–Crippen MR) is 83.8 cm³/mol. The van der Waals surface area contributed by atoms with Crippen molar-refractivity contribution in [1.82, 2.24) is 0 Å². The van der Waals surface area contributed by atoms with Gasteiger partial charge in [0.05, 0.1) is 12.5 Å². The summed E-state index contributed by atoms with van der Waals surface area (Å²) in [7, 11) is 0. The van der Waals surface area contributed by atoms with Crippen LogP contribution in [0.15, 0.2) is 50.0 Å². The molecule has 0 aliphatic rings. The molecule has 0 saturated heterocycles. The summed E-state index contributed by atoms with van der Waals surface area (Å²) in [5, 5.41) is 0. The minimum absolute atomic E-state index is 0.0325. The summed E-state index contributed by atoms with van der Waals surface area (Å²) in [6, 6.07) is 0. The fraction of sp³-hybridized carbons (Fsp3) is 0.375. The maximum absolute atomic E-state index is 10.8. The minimum atomic E-state index is -0.489. The molecule has 6 nitrogen and oxygen atoms in total. The van der Waals surface area contributed by atoms with Crippen molar-refractivity contribution in [3.05, 3.63) is 50.0 Å². The average molecular weight is 312 g/mol. The molecule has 0 N–H and O–H groups in total. The van der Waals surface area contributed by atoms with Gasteiger partial charge in [-0.1, -0.05) is 26.3 Å². The van der Waals surface area contributed by atoms with E-state index >= 15 is 0 Å². The zero-order valence-electron chi connectivity index (χ0n) is 13.3. The van der Waals surface area contributed by atoms with E-state index in [4.69, 9.17) is 9.47 Å². The van der Waals surface area contributed by atoms with Gasteiger partial charge < -0.3 is 18.9 Å². The Bertz CT molecular complexity index is 359. The summed E-state index contributed by atoms with van der Waals surface area (Å²) in [6.07, 6.45) is 2.76. The molecule has 124 valence electrons. The van der Waals surface area contributed by atoms with E-state index in [0.29, 0.717) is 24.4 Å². The summed E-state index contributed by atoms with van der Waals surface area (Å²) in [5.74, 6) is -0.979. The number of hydrogen-bond donors (Lipinski definition) is 0. The Balaban J connectivity index is 0. The van der Waals surface area contributed by atoms with Gasteiger partial charge in [0.25, 0.3) is 0 Å². The molecule has 0 atom stereocenters. The van der Waals surface area contributed by atoms with Gasteiger partial charge in [-0.3, -0.25) is 0 Å². The lowest BCUT2D eigenvalue weighted by Gasteiger charge is -2.05. The summed E-state index contributed by atoms with van der Waals surface area (Å²) >= 11 is 0. The number of ether oxygens (including phenoxy) is 4. The first kappa shape index (κ1) is 21.8. The van der Waals surface area contributed by atoms with Gasteiger partial charge in [0.2, 0.25) is 0 Å². The number of hydrogen-bond acceptors (Lipinski definition) is 6. The lowest BCUT2D eigenvalue weighted by atomic mass is 10.4. The van der Waals surface area contributed by atoms with Crippen LogP contribution in [0.1, 0.15) is 13.8 Å². The number of rotatable bonds is 10. The lowest BCUT2D eigenvalue weighted by molar-refractivity contribution is -0.147. The zero-order chi connectivity index (χ0) is 17.4. The molecular weight excluding hydrogens is 288 g/mol. The van der Waals surface area contributed by atoms with Gasteiger partial charge in [0.15, 0.2) is 0 Å². The van der Waals surface area contributed by atoms with Gasteiger partial charge in [0, 0.05) is 11.1 Å². The monoisotopic (exact) mass is 312 g/mol. The van der Waals surface area contributed by atoms with Crippen molar-refractivity contribution in [3.8, 4) is 0 Å². The molecule has 0 aliphatic heterocycles. The first-order chi connectivity index (χ1) is 10.4. The van der Waals surface area contributed by atoms with Gasteiger partial charge in [-0.15, -0.1) is 0 Å². The van der Waals surface area contributed by atoms with Gasteiger partial charge >= 0.3 is 11.9 Å². The van der Waals surface area contributed by atoms with E-state index in [0.717, 1.165) is 0 Å². The Morgan fingerprint density at radius 3 is 1.32 bits per heavy atom. The van der Waals surface area contributed by atoms with Gasteiger partial charge in [-0.05, 0) is 13.8 Å². The first-order valence-corrected chi connectivity index (χ1v) is 6.47. The van der Waals surface area contributed by atoms with E-state index in [2.05, 4.69) is 35.8 Å². The van der Waals surface area contributed by atoms with Crippen molar-refractivity contribution < 1.29 is 28.5 Å². The van der Waals surface area contributed by atoms with Crippen LogP contribution in [-0.4, -0.2) is 38.4 Å². The third kappa shape index (κ3) is 15.6. The second kappa shape index (κ2) is 14.9. The summed E-state index contributed by atoms with van der Waals surface area (Å²) < 4.78 is 18.8. The van der Waals surface area contributed by atoms with Gasteiger partial charge in [-0.25, -0.2) is 9.59 Å². The van der Waals surface area contributed by atoms with Crippen LogP contribution in [0.4, 0.5) is 0 Å². The molecule has 0 radical (unpaired) electrons. The fourth-order valence-electron chi connectivity index (χ4n) is 0.778. The molecule has 0 bridgehead atoms. The topological polar surface area (TPSA) is 71.1 Å².